The average molecular weight is 315 g/mol. The van der Waals surface area contributed by atoms with Crippen molar-refractivity contribution in [3.63, 3.8) is 0 Å². The van der Waals surface area contributed by atoms with E-state index in [2.05, 4.69) is 0 Å². The molecule has 1 aromatic rings. The van der Waals surface area contributed by atoms with Crippen LogP contribution in [0.4, 0.5) is 13.2 Å². The second kappa shape index (κ2) is 7.03. The number of likely N-dealkylation sites (tertiary alicyclic amines) is 1. The maximum atomic E-state index is 12.9. The van der Waals surface area contributed by atoms with Gasteiger partial charge in [-0.05, 0) is 37.8 Å². The van der Waals surface area contributed by atoms with E-state index in [-0.39, 0.29) is 24.3 Å². The van der Waals surface area contributed by atoms with Gasteiger partial charge in [-0.3, -0.25) is 4.79 Å². The monoisotopic (exact) mass is 315 g/mol. The number of amides is 1. The molecule has 0 bridgehead atoms. The molecule has 1 aliphatic heterocycles. The van der Waals surface area contributed by atoms with Gasteiger partial charge in [0.2, 0.25) is 0 Å². The van der Waals surface area contributed by atoms with Crippen LogP contribution in [0.2, 0.25) is 0 Å². The number of hydrogen-bond donors (Lipinski definition) is 0. The molecule has 1 saturated heterocycles. The lowest BCUT2D eigenvalue weighted by atomic mass is 10.00. The Morgan fingerprint density at radius 2 is 2.05 bits per heavy atom. The highest BCUT2D eigenvalue weighted by atomic mass is 19.4. The van der Waals surface area contributed by atoms with Crippen LogP contribution in [0.3, 0.4) is 0 Å². The molecule has 0 N–H and O–H groups in total. The minimum absolute atomic E-state index is 0.169. The zero-order valence-electron chi connectivity index (χ0n) is 12.5. The molecule has 0 aliphatic carbocycles. The molecule has 1 aromatic carbocycles. The van der Waals surface area contributed by atoms with Gasteiger partial charge in [-0.15, -0.1) is 0 Å². The van der Waals surface area contributed by atoms with E-state index in [4.69, 9.17) is 4.74 Å². The second-order valence-corrected chi connectivity index (χ2v) is 5.43. The summed E-state index contributed by atoms with van der Waals surface area (Å²) >= 11 is 0. The molecular weight excluding hydrogens is 295 g/mol. The molecule has 0 aromatic heterocycles. The highest BCUT2D eigenvalue weighted by Gasteiger charge is 2.34. The number of halogens is 3. The number of hydrogen-bond acceptors (Lipinski definition) is 2. The molecule has 6 heteroatoms. The first-order valence-corrected chi connectivity index (χ1v) is 7.52. The van der Waals surface area contributed by atoms with Crippen LogP contribution in [-0.2, 0) is 11.0 Å². The lowest BCUT2D eigenvalue weighted by molar-refractivity contribution is -0.142. The zero-order chi connectivity index (χ0) is 16.2. The van der Waals surface area contributed by atoms with Gasteiger partial charge in [0.25, 0.3) is 5.91 Å². The summed E-state index contributed by atoms with van der Waals surface area (Å²) in [4.78, 5) is 14.0. The van der Waals surface area contributed by atoms with Gasteiger partial charge in [0, 0.05) is 12.6 Å². The zero-order valence-corrected chi connectivity index (χ0v) is 12.5. The highest BCUT2D eigenvalue weighted by molar-refractivity contribution is 5.78. The first-order valence-electron chi connectivity index (χ1n) is 7.52. The summed E-state index contributed by atoms with van der Waals surface area (Å²) in [6.45, 7) is 2.31. The van der Waals surface area contributed by atoms with Gasteiger partial charge in [0.15, 0.2) is 6.61 Å². The van der Waals surface area contributed by atoms with Gasteiger partial charge in [-0.25, -0.2) is 0 Å². The van der Waals surface area contributed by atoms with Crippen molar-refractivity contribution in [3.8, 4) is 5.75 Å². The summed E-state index contributed by atoms with van der Waals surface area (Å²) in [6, 6.07) is 5.13. The predicted molar refractivity (Wildman–Crippen MR) is 76.6 cm³/mol. The lowest BCUT2D eigenvalue weighted by Gasteiger charge is -2.35. The van der Waals surface area contributed by atoms with Crippen molar-refractivity contribution >= 4 is 5.91 Å². The van der Waals surface area contributed by atoms with Crippen LogP contribution in [0.25, 0.3) is 0 Å². The Hall–Kier alpha value is -1.72. The van der Waals surface area contributed by atoms with Gasteiger partial charge < -0.3 is 9.64 Å². The van der Waals surface area contributed by atoms with E-state index in [1.165, 1.54) is 18.2 Å². The summed E-state index contributed by atoms with van der Waals surface area (Å²) in [5.41, 5.74) is -0.853. The fourth-order valence-corrected chi connectivity index (χ4v) is 2.80. The Morgan fingerprint density at radius 3 is 2.73 bits per heavy atom. The number of nitrogens with zero attached hydrogens (tertiary/aromatic N) is 1. The average Bonchev–Trinajstić information content (AvgIpc) is 2.52. The maximum Gasteiger partial charge on any atom is 0.419 e. The number of carbonyl (C=O) groups excluding carboxylic acids is 1. The van der Waals surface area contributed by atoms with Crippen molar-refractivity contribution in [2.75, 3.05) is 13.2 Å². The Balaban J connectivity index is 2.02. The third kappa shape index (κ3) is 3.93. The van der Waals surface area contributed by atoms with E-state index in [0.29, 0.717) is 6.54 Å². The number of alkyl halides is 3. The second-order valence-electron chi connectivity index (χ2n) is 5.43. The van der Waals surface area contributed by atoms with Crippen LogP contribution in [0.5, 0.6) is 5.75 Å². The molecule has 1 amide bonds. The van der Waals surface area contributed by atoms with Crippen molar-refractivity contribution in [2.45, 2.75) is 44.8 Å². The predicted octanol–water partition coefficient (Wildman–Crippen LogP) is 3.88. The first-order chi connectivity index (χ1) is 10.4. The van der Waals surface area contributed by atoms with E-state index in [9.17, 15) is 18.0 Å². The van der Waals surface area contributed by atoms with E-state index < -0.39 is 11.7 Å². The molecule has 0 saturated carbocycles. The number of para-hydroxylation sites is 1. The quantitative estimate of drug-likeness (QED) is 0.844. The van der Waals surface area contributed by atoms with Crippen LogP contribution in [0, 0.1) is 0 Å². The Morgan fingerprint density at radius 1 is 1.32 bits per heavy atom. The van der Waals surface area contributed by atoms with Crippen LogP contribution in [0.1, 0.15) is 38.2 Å². The van der Waals surface area contributed by atoms with E-state index in [1.54, 1.807) is 4.90 Å². The maximum absolute atomic E-state index is 12.9. The minimum atomic E-state index is -4.49. The molecule has 3 nitrogen and oxygen atoms in total. The third-order valence-electron chi connectivity index (χ3n) is 3.96. The Kier molecular flexibility index (Phi) is 5.32. The van der Waals surface area contributed by atoms with Crippen molar-refractivity contribution in [1.29, 1.82) is 0 Å². The van der Waals surface area contributed by atoms with Gasteiger partial charge in [0.05, 0.1) is 5.56 Å². The molecule has 1 unspecified atom stereocenters. The van der Waals surface area contributed by atoms with Crippen molar-refractivity contribution in [3.05, 3.63) is 29.8 Å². The van der Waals surface area contributed by atoms with Crippen molar-refractivity contribution in [1.82, 2.24) is 4.90 Å². The molecule has 1 aliphatic rings. The summed E-state index contributed by atoms with van der Waals surface area (Å²) in [6.07, 6.45) is -0.676. The molecule has 22 heavy (non-hydrogen) atoms. The van der Waals surface area contributed by atoms with Gasteiger partial charge in [-0.1, -0.05) is 19.1 Å². The highest BCUT2D eigenvalue weighted by Crippen LogP contribution is 2.35. The fraction of sp³-hybridized carbons (Fsp3) is 0.562. The molecule has 122 valence electrons. The summed E-state index contributed by atoms with van der Waals surface area (Å²) < 4.78 is 43.8. The number of piperidine rings is 1. The smallest absolute Gasteiger partial charge is 0.419 e. The Labute approximate surface area is 128 Å². The summed E-state index contributed by atoms with van der Waals surface area (Å²) in [7, 11) is 0. The van der Waals surface area contributed by atoms with Gasteiger partial charge >= 0.3 is 6.18 Å². The topological polar surface area (TPSA) is 29.5 Å². The van der Waals surface area contributed by atoms with Crippen LogP contribution >= 0.6 is 0 Å². The molecule has 1 heterocycles. The molecule has 0 spiro atoms. The number of carbonyl (C=O) groups is 1. The minimum Gasteiger partial charge on any atom is -0.483 e. The molecule has 1 fully saturated rings. The lowest BCUT2D eigenvalue weighted by Crippen LogP contribution is -2.45. The summed E-state index contributed by atoms with van der Waals surface area (Å²) in [5, 5.41) is 0. The molecule has 0 radical (unpaired) electrons. The fourth-order valence-electron chi connectivity index (χ4n) is 2.80. The number of ether oxygens (including phenoxy) is 1. The van der Waals surface area contributed by atoms with Crippen LogP contribution in [-0.4, -0.2) is 30.0 Å². The van der Waals surface area contributed by atoms with Gasteiger partial charge in [0.1, 0.15) is 5.75 Å². The number of rotatable bonds is 4. The van der Waals surface area contributed by atoms with Crippen LogP contribution in [0.15, 0.2) is 24.3 Å². The number of benzene rings is 1. The van der Waals surface area contributed by atoms with Gasteiger partial charge in [-0.2, -0.15) is 13.2 Å². The van der Waals surface area contributed by atoms with Crippen molar-refractivity contribution in [2.24, 2.45) is 0 Å². The Bertz CT molecular complexity index is 516. The molecular formula is C16H20F3NO2. The SMILES string of the molecule is CCC1CCCCN1C(=O)COc1ccccc1C(F)(F)F. The summed E-state index contributed by atoms with van der Waals surface area (Å²) in [5.74, 6) is -0.545. The van der Waals surface area contributed by atoms with E-state index in [0.717, 1.165) is 31.7 Å². The normalized spacial score (nSPS) is 19.1. The van der Waals surface area contributed by atoms with Crippen molar-refractivity contribution < 1.29 is 22.7 Å². The molecule has 1 atom stereocenters. The standard InChI is InChI=1S/C16H20F3NO2/c1-2-12-7-5-6-10-20(12)15(21)11-22-14-9-4-3-8-13(14)16(17,18)19/h3-4,8-9,12H,2,5-7,10-11H2,1H3. The van der Waals surface area contributed by atoms with Crippen LogP contribution < -0.4 is 4.74 Å². The first kappa shape index (κ1) is 16.6. The largest absolute Gasteiger partial charge is 0.483 e. The van der Waals surface area contributed by atoms with E-state index >= 15 is 0 Å². The third-order valence-corrected chi connectivity index (χ3v) is 3.96. The molecule has 2 rings (SSSR count). The van der Waals surface area contributed by atoms with E-state index in [1.807, 2.05) is 6.92 Å².